The number of ether oxygens (including phenoxy) is 1. The molecule has 0 radical (unpaired) electrons. The van der Waals surface area contributed by atoms with Crippen LogP contribution < -0.4 is 10.5 Å². The topological polar surface area (TPSA) is 53.1 Å². The van der Waals surface area contributed by atoms with Crippen LogP contribution in [0.25, 0.3) is 0 Å². The van der Waals surface area contributed by atoms with Crippen LogP contribution in [0.4, 0.5) is 0 Å². The summed E-state index contributed by atoms with van der Waals surface area (Å²) in [6.45, 7) is 4.66. The normalized spacial score (nSPS) is 12.4. The first-order chi connectivity index (χ1) is 9.06. The van der Waals surface area contributed by atoms with Crippen molar-refractivity contribution in [3.05, 3.63) is 47.3 Å². The molecule has 0 saturated heterocycles. The molecule has 4 nitrogen and oxygen atoms in total. The second-order valence-electron chi connectivity index (χ2n) is 4.95. The van der Waals surface area contributed by atoms with Gasteiger partial charge < -0.3 is 10.5 Å². The number of nitrogens with zero attached hydrogens (tertiary/aromatic N) is 2. The minimum Gasteiger partial charge on any atom is -0.493 e. The van der Waals surface area contributed by atoms with E-state index in [1.54, 1.807) is 4.68 Å². The summed E-state index contributed by atoms with van der Waals surface area (Å²) in [5.74, 6) is 0.888. The van der Waals surface area contributed by atoms with Crippen LogP contribution in [0.1, 0.15) is 29.7 Å². The van der Waals surface area contributed by atoms with Crippen molar-refractivity contribution in [2.24, 2.45) is 12.8 Å². The third kappa shape index (κ3) is 3.58. The number of aromatic nitrogens is 2. The molecule has 0 unspecified atom stereocenters. The smallest absolute Gasteiger partial charge is 0.124 e. The summed E-state index contributed by atoms with van der Waals surface area (Å²) in [5.41, 5.74) is 9.37. The fourth-order valence-electron chi connectivity index (χ4n) is 2.02. The van der Waals surface area contributed by atoms with Crippen LogP contribution in [0.15, 0.2) is 30.6 Å². The van der Waals surface area contributed by atoms with Gasteiger partial charge in [0.2, 0.25) is 0 Å². The van der Waals surface area contributed by atoms with Crippen molar-refractivity contribution in [3.8, 4) is 5.75 Å². The predicted molar refractivity (Wildman–Crippen MR) is 76.2 cm³/mol. The second-order valence-corrected chi connectivity index (χ2v) is 4.95. The van der Waals surface area contributed by atoms with Crippen LogP contribution >= 0.6 is 0 Å². The van der Waals surface area contributed by atoms with E-state index in [1.165, 1.54) is 11.1 Å². The van der Waals surface area contributed by atoms with Crippen LogP contribution in [0.2, 0.25) is 0 Å². The molecule has 4 heteroatoms. The van der Waals surface area contributed by atoms with Gasteiger partial charge >= 0.3 is 0 Å². The van der Waals surface area contributed by atoms with E-state index in [1.807, 2.05) is 38.5 Å². The van der Waals surface area contributed by atoms with Gasteiger partial charge in [0.05, 0.1) is 12.8 Å². The molecule has 0 aliphatic rings. The Morgan fingerprint density at radius 2 is 2.21 bits per heavy atom. The zero-order valence-corrected chi connectivity index (χ0v) is 11.8. The fraction of sp³-hybridized carbons (Fsp3) is 0.400. The number of nitrogens with two attached hydrogens (primary N) is 1. The largest absolute Gasteiger partial charge is 0.493 e. The van der Waals surface area contributed by atoms with Gasteiger partial charge in [-0.3, -0.25) is 4.68 Å². The van der Waals surface area contributed by atoms with Gasteiger partial charge in [-0.05, 0) is 31.0 Å². The van der Waals surface area contributed by atoms with E-state index < -0.39 is 0 Å². The Bertz CT molecular complexity index is 546. The van der Waals surface area contributed by atoms with E-state index in [-0.39, 0.29) is 6.04 Å². The van der Waals surface area contributed by atoms with Gasteiger partial charge in [0.15, 0.2) is 0 Å². The van der Waals surface area contributed by atoms with Crippen molar-refractivity contribution in [3.63, 3.8) is 0 Å². The van der Waals surface area contributed by atoms with Gasteiger partial charge in [-0.25, -0.2) is 0 Å². The molecule has 2 rings (SSSR count). The summed E-state index contributed by atoms with van der Waals surface area (Å²) in [7, 11) is 1.92. The Morgan fingerprint density at radius 3 is 2.84 bits per heavy atom. The quantitative estimate of drug-likeness (QED) is 0.897. The Balaban J connectivity index is 2.00. The maximum absolute atomic E-state index is 5.96. The molecule has 1 aromatic heterocycles. The second kappa shape index (κ2) is 5.89. The van der Waals surface area contributed by atoms with Gasteiger partial charge in [0, 0.05) is 31.3 Å². The third-order valence-corrected chi connectivity index (χ3v) is 3.07. The van der Waals surface area contributed by atoms with E-state index >= 15 is 0 Å². The van der Waals surface area contributed by atoms with Crippen molar-refractivity contribution >= 4 is 0 Å². The molecule has 0 bridgehead atoms. The highest BCUT2D eigenvalue weighted by atomic mass is 16.5. The maximum atomic E-state index is 5.96. The molecule has 0 saturated carbocycles. The lowest BCUT2D eigenvalue weighted by atomic mass is 10.1. The fourth-order valence-corrected chi connectivity index (χ4v) is 2.02. The monoisotopic (exact) mass is 259 g/mol. The minimum absolute atomic E-state index is 0.0195. The van der Waals surface area contributed by atoms with Crippen molar-refractivity contribution in [1.29, 1.82) is 0 Å². The summed E-state index contributed by atoms with van der Waals surface area (Å²) < 4.78 is 7.68. The zero-order valence-electron chi connectivity index (χ0n) is 11.8. The molecule has 1 heterocycles. The number of aryl methyl sites for hydroxylation is 2. The van der Waals surface area contributed by atoms with Crippen molar-refractivity contribution in [1.82, 2.24) is 9.78 Å². The third-order valence-electron chi connectivity index (χ3n) is 3.07. The zero-order chi connectivity index (χ0) is 13.8. The first-order valence-corrected chi connectivity index (χ1v) is 6.52. The van der Waals surface area contributed by atoms with Crippen LogP contribution in [0, 0.1) is 6.92 Å². The maximum Gasteiger partial charge on any atom is 0.124 e. The Labute approximate surface area is 114 Å². The van der Waals surface area contributed by atoms with Crippen LogP contribution in [-0.2, 0) is 13.5 Å². The predicted octanol–water partition coefficient (Wildman–Crippen LogP) is 2.37. The highest BCUT2D eigenvalue weighted by Gasteiger charge is 2.08. The highest BCUT2D eigenvalue weighted by molar-refractivity contribution is 5.38. The van der Waals surface area contributed by atoms with Crippen LogP contribution in [-0.4, -0.2) is 16.4 Å². The molecule has 0 aliphatic heterocycles. The Hall–Kier alpha value is -1.81. The minimum atomic E-state index is -0.0195. The van der Waals surface area contributed by atoms with Gasteiger partial charge in [-0.15, -0.1) is 0 Å². The van der Waals surface area contributed by atoms with Gasteiger partial charge in [-0.2, -0.15) is 5.10 Å². The SMILES string of the molecule is Cc1ccc([C@@H](C)N)c(OCCc2cnn(C)c2)c1. The molecule has 1 aromatic carbocycles. The molecule has 2 aromatic rings. The molecular weight excluding hydrogens is 238 g/mol. The van der Waals surface area contributed by atoms with E-state index in [0.717, 1.165) is 17.7 Å². The standard InChI is InChI=1S/C15H21N3O/c1-11-4-5-14(12(2)16)15(8-11)19-7-6-13-9-17-18(3)10-13/h4-5,8-10,12H,6-7,16H2,1-3H3/t12-/m1/s1. The molecule has 102 valence electrons. The number of rotatable bonds is 5. The lowest BCUT2D eigenvalue weighted by Crippen LogP contribution is -2.09. The summed E-state index contributed by atoms with van der Waals surface area (Å²) >= 11 is 0. The van der Waals surface area contributed by atoms with Crippen molar-refractivity contribution in [2.45, 2.75) is 26.3 Å². The van der Waals surface area contributed by atoms with E-state index in [9.17, 15) is 0 Å². The first kappa shape index (κ1) is 13.6. The van der Waals surface area contributed by atoms with Crippen LogP contribution in [0.3, 0.4) is 0 Å². The summed E-state index contributed by atoms with van der Waals surface area (Å²) in [6.07, 6.45) is 4.72. The molecular formula is C15H21N3O. The van der Waals surface area contributed by atoms with Gasteiger partial charge in [0.25, 0.3) is 0 Å². The van der Waals surface area contributed by atoms with Gasteiger partial charge in [0.1, 0.15) is 5.75 Å². The number of hydrogen-bond donors (Lipinski definition) is 1. The lowest BCUT2D eigenvalue weighted by molar-refractivity contribution is 0.317. The van der Waals surface area contributed by atoms with Gasteiger partial charge in [-0.1, -0.05) is 12.1 Å². The molecule has 2 N–H and O–H groups in total. The molecule has 0 fully saturated rings. The summed E-state index contributed by atoms with van der Waals surface area (Å²) in [6, 6.07) is 6.13. The molecule has 0 aliphatic carbocycles. The Morgan fingerprint density at radius 1 is 1.42 bits per heavy atom. The van der Waals surface area contributed by atoms with Crippen molar-refractivity contribution in [2.75, 3.05) is 6.61 Å². The summed E-state index contributed by atoms with van der Waals surface area (Å²) in [5, 5.41) is 4.14. The number of benzene rings is 1. The average molecular weight is 259 g/mol. The molecule has 0 amide bonds. The molecule has 1 atom stereocenters. The van der Waals surface area contributed by atoms with Crippen LogP contribution in [0.5, 0.6) is 5.75 Å². The summed E-state index contributed by atoms with van der Waals surface area (Å²) in [4.78, 5) is 0. The molecule has 19 heavy (non-hydrogen) atoms. The van der Waals surface area contributed by atoms with E-state index in [0.29, 0.717) is 6.61 Å². The van der Waals surface area contributed by atoms with Crippen molar-refractivity contribution < 1.29 is 4.74 Å². The Kier molecular flexibility index (Phi) is 4.22. The average Bonchev–Trinajstić information content (AvgIpc) is 2.75. The lowest BCUT2D eigenvalue weighted by Gasteiger charge is -2.14. The number of hydrogen-bond acceptors (Lipinski definition) is 3. The van der Waals surface area contributed by atoms with E-state index in [2.05, 4.69) is 18.1 Å². The molecule has 0 spiro atoms. The first-order valence-electron chi connectivity index (χ1n) is 6.52. The highest BCUT2D eigenvalue weighted by Crippen LogP contribution is 2.25. The van der Waals surface area contributed by atoms with E-state index in [4.69, 9.17) is 10.5 Å².